The number of rotatable bonds is 0. The molecule has 0 bridgehead atoms. The van der Waals surface area contributed by atoms with Crippen molar-refractivity contribution in [3.05, 3.63) is 35.4 Å². The molecule has 4 heteroatoms. The smallest absolute Gasteiger partial charge is 0.106 e. The molecule has 0 atom stereocenters. The third-order valence-electron chi connectivity index (χ3n) is 2.98. The summed E-state index contributed by atoms with van der Waals surface area (Å²) in [6, 6.07) is 8.48. The molecule has 0 spiro atoms. The van der Waals surface area contributed by atoms with Crippen molar-refractivity contribution in [1.29, 1.82) is 0 Å². The summed E-state index contributed by atoms with van der Waals surface area (Å²) in [5.74, 6) is 5.89. The average Bonchev–Trinajstić information content (AvgIpc) is 3.11. The Kier molecular flexibility index (Phi) is 18.1. The fourth-order valence-corrected chi connectivity index (χ4v) is 3.99. The van der Waals surface area contributed by atoms with E-state index >= 15 is 0 Å². The second-order valence-corrected chi connectivity index (χ2v) is 7.59. The first kappa shape index (κ1) is 22.8. The first-order valence-corrected chi connectivity index (χ1v) is 9.62. The maximum atomic E-state index is 2.12. The topological polar surface area (TPSA) is 0 Å². The molecule has 0 nitrogen and oxygen atoms in total. The van der Waals surface area contributed by atoms with Crippen LogP contribution in [0.25, 0.3) is 0 Å². The van der Waals surface area contributed by atoms with Gasteiger partial charge in [-0.25, -0.2) is 0 Å². The van der Waals surface area contributed by atoms with Gasteiger partial charge in [-0.05, 0) is 63.1 Å². The van der Waals surface area contributed by atoms with Crippen molar-refractivity contribution in [3.63, 3.8) is 0 Å². The van der Waals surface area contributed by atoms with Gasteiger partial charge in [-0.1, -0.05) is 35.4 Å². The lowest BCUT2D eigenvalue weighted by atomic mass is 10.2. The van der Waals surface area contributed by atoms with E-state index in [4.69, 9.17) is 0 Å². The largest absolute Gasteiger partial charge is 1.00 e. The van der Waals surface area contributed by atoms with Gasteiger partial charge in [-0.15, -0.1) is 0 Å². The zero-order valence-electron chi connectivity index (χ0n) is 12.6. The molecule has 0 radical (unpaired) electrons. The Bertz CT molecular complexity index is 248. The molecule has 2 aliphatic rings. The van der Waals surface area contributed by atoms with E-state index in [1.807, 2.05) is 0 Å². The average molecular weight is 355 g/mol. The van der Waals surface area contributed by atoms with Crippen LogP contribution in [-0.4, -0.2) is 23.0 Å². The van der Waals surface area contributed by atoms with E-state index in [0.29, 0.717) is 0 Å². The van der Waals surface area contributed by atoms with Crippen LogP contribution in [-0.2, 0) is 23.5 Å². The van der Waals surface area contributed by atoms with Gasteiger partial charge in [0.15, 0.2) is 0 Å². The number of hydrogen-bond donors (Lipinski definition) is 0. The highest BCUT2D eigenvalue weighted by Gasteiger charge is 2.04. The molecule has 2 aliphatic heterocycles. The molecule has 1 aromatic rings. The highest BCUT2D eigenvalue weighted by atomic mass is 35.5. The van der Waals surface area contributed by atoms with Crippen LogP contribution < -0.4 is 24.8 Å². The van der Waals surface area contributed by atoms with Crippen molar-refractivity contribution in [3.8, 4) is 0 Å². The minimum Gasteiger partial charge on any atom is -1.00 e. The van der Waals surface area contributed by atoms with Crippen molar-refractivity contribution >= 4 is 23.5 Å². The Balaban J connectivity index is 0. The number of thiol groups is 2. The van der Waals surface area contributed by atoms with Gasteiger partial charge < -0.3 is 24.8 Å². The summed E-state index contributed by atoms with van der Waals surface area (Å²) in [6.45, 7) is 4.19. The summed E-state index contributed by atoms with van der Waals surface area (Å²) in [7, 11) is 0. The molecule has 2 fully saturated rings. The molecule has 3 rings (SSSR count). The van der Waals surface area contributed by atoms with Crippen molar-refractivity contribution < 1.29 is 24.8 Å². The van der Waals surface area contributed by atoms with Gasteiger partial charge in [-0.2, -0.15) is 0 Å². The van der Waals surface area contributed by atoms with Gasteiger partial charge in [0.2, 0.25) is 0 Å². The van der Waals surface area contributed by atoms with E-state index in [2.05, 4.69) is 38.1 Å². The SMILES string of the molecule is C1CC[SH+]C1.C1CC[SH+]C1.Cc1ccc(C)cc1.[Cl-].[Cl-]. The zero-order chi connectivity index (χ0) is 13.1. The molecule has 2 heterocycles. The molecule has 0 amide bonds. The van der Waals surface area contributed by atoms with E-state index < -0.39 is 0 Å². The zero-order valence-corrected chi connectivity index (χ0v) is 15.9. The third kappa shape index (κ3) is 13.5. The highest BCUT2D eigenvalue weighted by Crippen LogP contribution is 2.00. The lowest BCUT2D eigenvalue weighted by Gasteiger charge is -1.90. The second kappa shape index (κ2) is 15.9. The summed E-state index contributed by atoms with van der Waals surface area (Å²) in [5.41, 5.74) is 2.66. The van der Waals surface area contributed by atoms with Crippen molar-refractivity contribution in [2.24, 2.45) is 0 Å². The molecule has 1 aromatic carbocycles. The fourth-order valence-electron chi connectivity index (χ4n) is 1.75. The molecule has 118 valence electrons. The van der Waals surface area contributed by atoms with Crippen LogP contribution in [0.4, 0.5) is 0 Å². The Morgan fingerprint density at radius 1 is 0.600 bits per heavy atom. The number of hydrogen-bond acceptors (Lipinski definition) is 0. The van der Waals surface area contributed by atoms with Gasteiger partial charge in [0.05, 0.1) is 0 Å². The summed E-state index contributed by atoms with van der Waals surface area (Å²) < 4.78 is 0. The standard InChI is InChI=1S/C8H10.2C4H8S.2ClH/c1-7-3-5-8(2)6-4-7;2*1-2-4-5-3-1;;/h3-6H,1-2H3;2*1-4H2;2*1H. The number of halogens is 2. The Morgan fingerprint density at radius 2 is 0.850 bits per heavy atom. The second-order valence-electron chi connectivity index (χ2n) is 4.91. The minimum atomic E-state index is 0. The number of aryl methyl sites for hydroxylation is 2. The van der Waals surface area contributed by atoms with E-state index in [9.17, 15) is 0 Å². The monoisotopic (exact) mass is 354 g/mol. The van der Waals surface area contributed by atoms with Gasteiger partial charge in [0.25, 0.3) is 0 Å². The molecular formula is C16H28Cl2S2. The summed E-state index contributed by atoms with van der Waals surface area (Å²) in [5, 5.41) is 0. The van der Waals surface area contributed by atoms with Gasteiger partial charge in [-0.3, -0.25) is 0 Å². The predicted octanol–water partition coefficient (Wildman–Crippen LogP) is -2.50. The summed E-state index contributed by atoms with van der Waals surface area (Å²) in [4.78, 5) is 0. The molecule has 0 aliphatic carbocycles. The Morgan fingerprint density at radius 3 is 1.00 bits per heavy atom. The third-order valence-corrected chi connectivity index (χ3v) is 5.51. The molecule has 0 N–H and O–H groups in total. The summed E-state index contributed by atoms with van der Waals surface area (Å²) >= 11 is 3.38. The van der Waals surface area contributed by atoms with E-state index in [1.54, 1.807) is 23.5 Å². The number of benzene rings is 1. The van der Waals surface area contributed by atoms with Crippen LogP contribution in [0.15, 0.2) is 24.3 Å². The van der Waals surface area contributed by atoms with E-state index in [1.165, 1.54) is 59.8 Å². The van der Waals surface area contributed by atoms with Gasteiger partial charge in [0, 0.05) is 0 Å². The predicted molar refractivity (Wildman–Crippen MR) is 91.4 cm³/mol. The van der Waals surface area contributed by atoms with Crippen LogP contribution in [0.2, 0.25) is 0 Å². The van der Waals surface area contributed by atoms with Crippen LogP contribution in [0.1, 0.15) is 36.8 Å². The van der Waals surface area contributed by atoms with Crippen molar-refractivity contribution in [1.82, 2.24) is 0 Å². The van der Waals surface area contributed by atoms with Crippen LogP contribution in [0.3, 0.4) is 0 Å². The van der Waals surface area contributed by atoms with Gasteiger partial charge >= 0.3 is 0 Å². The van der Waals surface area contributed by atoms with Crippen LogP contribution in [0, 0.1) is 13.8 Å². The maximum Gasteiger partial charge on any atom is 0.106 e. The first-order chi connectivity index (χ1) is 8.79. The lowest BCUT2D eigenvalue weighted by molar-refractivity contribution is -0.00100. The van der Waals surface area contributed by atoms with E-state index in [-0.39, 0.29) is 24.8 Å². The fraction of sp³-hybridized carbons (Fsp3) is 0.625. The molecule has 20 heavy (non-hydrogen) atoms. The molecule has 0 aromatic heterocycles. The normalized spacial score (nSPS) is 15.7. The van der Waals surface area contributed by atoms with Crippen molar-refractivity contribution in [2.75, 3.05) is 23.0 Å². The van der Waals surface area contributed by atoms with Crippen LogP contribution >= 0.6 is 0 Å². The summed E-state index contributed by atoms with van der Waals surface area (Å²) in [6.07, 6.45) is 5.95. The first-order valence-electron chi connectivity index (χ1n) is 7.09. The molecule has 2 saturated heterocycles. The molecular weight excluding hydrogens is 327 g/mol. The lowest BCUT2D eigenvalue weighted by Crippen LogP contribution is -3.00. The van der Waals surface area contributed by atoms with Gasteiger partial charge in [0.1, 0.15) is 23.0 Å². The Labute approximate surface area is 146 Å². The highest BCUT2D eigenvalue weighted by molar-refractivity contribution is 7.78. The molecule has 0 saturated carbocycles. The Hall–Kier alpha value is 0.500. The molecule has 0 unspecified atom stereocenters. The van der Waals surface area contributed by atoms with Crippen LogP contribution in [0.5, 0.6) is 0 Å². The minimum absolute atomic E-state index is 0. The quantitative estimate of drug-likeness (QED) is 0.357. The van der Waals surface area contributed by atoms with Crippen molar-refractivity contribution in [2.45, 2.75) is 39.5 Å². The maximum absolute atomic E-state index is 2.12. The van der Waals surface area contributed by atoms with E-state index in [0.717, 1.165) is 0 Å².